The lowest BCUT2D eigenvalue weighted by molar-refractivity contribution is -0.136. The molecule has 0 spiro atoms. The van der Waals surface area contributed by atoms with E-state index in [0.29, 0.717) is 12.3 Å². The van der Waals surface area contributed by atoms with Crippen molar-refractivity contribution in [3.8, 4) is 5.75 Å². The molecule has 3 aromatic rings. The summed E-state index contributed by atoms with van der Waals surface area (Å²) in [6.45, 7) is 6.38. The van der Waals surface area contributed by atoms with E-state index in [1.807, 2.05) is 32.2 Å². The third-order valence-electron chi connectivity index (χ3n) is 5.72. The van der Waals surface area contributed by atoms with Gasteiger partial charge in [0.1, 0.15) is 24.7 Å². The first-order valence-corrected chi connectivity index (χ1v) is 11.7. The number of carbonyl (C=O) groups excluding carboxylic acids is 2. The zero-order valence-electron chi connectivity index (χ0n) is 18.9. The van der Waals surface area contributed by atoms with Crippen molar-refractivity contribution in [3.63, 3.8) is 0 Å². The second-order valence-electron chi connectivity index (χ2n) is 8.96. The van der Waals surface area contributed by atoms with E-state index in [2.05, 4.69) is 0 Å². The predicted octanol–water partition coefficient (Wildman–Crippen LogP) is 4.93. The molecule has 0 bridgehead atoms. The lowest BCUT2D eigenvalue weighted by atomic mass is 9.99. The summed E-state index contributed by atoms with van der Waals surface area (Å²) < 4.78 is 24.5. The number of nitrogens with zero attached hydrogens (tertiary/aromatic N) is 2. The van der Waals surface area contributed by atoms with Gasteiger partial charge < -0.3 is 19.0 Å². The number of benzene rings is 1. The molecule has 1 unspecified atom stereocenters. The first kappa shape index (κ1) is 23.0. The van der Waals surface area contributed by atoms with Gasteiger partial charge in [-0.25, -0.2) is 4.39 Å². The number of ether oxygens (including phenoxy) is 1. The SMILES string of the molecule is CC(C)(C)N(CC(=O)N1CCc2sccc2C1COc1ccc(F)cc1)C(=O)c1ccco1. The van der Waals surface area contributed by atoms with Crippen LogP contribution in [0.2, 0.25) is 0 Å². The zero-order chi connectivity index (χ0) is 23.6. The molecule has 174 valence electrons. The maximum absolute atomic E-state index is 13.5. The minimum atomic E-state index is -0.580. The van der Waals surface area contributed by atoms with Gasteiger partial charge >= 0.3 is 0 Å². The topological polar surface area (TPSA) is 63.0 Å². The average molecular weight is 471 g/mol. The van der Waals surface area contributed by atoms with E-state index in [1.165, 1.54) is 28.2 Å². The molecular weight excluding hydrogens is 443 g/mol. The van der Waals surface area contributed by atoms with Crippen LogP contribution in [0.1, 0.15) is 47.8 Å². The average Bonchev–Trinajstić information content (AvgIpc) is 3.47. The fraction of sp³-hybridized carbons (Fsp3) is 0.360. The molecule has 33 heavy (non-hydrogen) atoms. The highest BCUT2D eigenvalue weighted by Crippen LogP contribution is 2.34. The highest BCUT2D eigenvalue weighted by atomic mass is 32.1. The van der Waals surface area contributed by atoms with Crippen molar-refractivity contribution < 1.29 is 23.1 Å². The Kier molecular flexibility index (Phi) is 6.56. The monoisotopic (exact) mass is 470 g/mol. The van der Waals surface area contributed by atoms with Crippen molar-refractivity contribution in [1.29, 1.82) is 0 Å². The van der Waals surface area contributed by atoms with Crippen LogP contribution in [0.4, 0.5) is 4.39 Å². The minimum Gasteiger partial charge on any atom is -0.491 e. The van der Waals surface area contributed by atoms with Gasteiger partial charge in [0.2, 0.25) is 5.91 Å². The molecule has 2 aromatic heterocycles. The van der Waals surface area contributed by atoms with Crippen molar-refractivity contribution >= 4 is 23.2 Å². The molecule has 1 aliphatic rings. The largest absolute Gasteiger partial charge is 0.491 e. The molecule has 8 heteroatoms. The van der Waals surface area contributed by atoms with Crippen LogP contribution in [0.25, 0.3) is 0 Å². The van der Waals surface area contributed by atoms with Crippen molar-refractivity contribution in [2.45, 2.75) is 38.8 Å². The molecule has 3 heterocycles. The van der Waals surface area contributed by atoms with Crippen LogP contribution < -0.4 is 4.74 Å². The fourth-order valence-electron chi connectivity index (χ4n) is 3.95. The molecule has 1 aromatic carbocycles. The summed E-state index contributed by atoms with van der Waals surface area (Å²) in [6, 6.07) is 10.8. The van der Waals surface area contributed by atoms with Crippen molar-refractivity contribution in [2.24, 2.45) is 0 Å². The summed E-state index contributed by atoms with van der Waals surface area (Å²) in [7, 11) is 0. The van der Waals surface area contributed by atoms with E-state index in [4.69, 9.17) is 9.15 Å². The minimum absolute atomic E-state index is 0.0739. The van der Waals surface area contributed by atoms with Gasteiger partial charge in [0.25, 0.3) is 5.91 Å². The third-order valence-corrected chi connectivity index (χ3v) is 6.71. The summed E-state index contributed by atoms with van der Waals surface area (Å²) in [5, 5.41) is 2.02. The summed E-state index contributed by atoms with van der Waals surface area (Å²) >= 11 is 1.67. The molecule has 0 saturated carbocycles. The number of carbonyl (C=O) groups is 2. The number of fused-ring (bicyclic) bond motifs is 1. The normalized spacial score (nSPS) is 15.8. The van der Waals surface area contributed by atoms with Crippen LogP contribution in [0, 0.1) is 5.82 Å². The van der Waals surface area contributed by atoms with Gasteiger partial charge in [-0.05, 0) is 80.6 Å². The van der Waals surface area contributed by atoms with Gasteiger partial charge in [0.05, 0.1) is 12.3 Å². The molecule has 6 nitrogen and oxygen atoms in total. The number of amides is 2. The number of hydrogen-bond acceptors (Lipinski definition) is 5. The molecule has 0 aliphatic carbocycles. The van der Waals surface area contributed by atoms with E-state index in [9.17, 15) is 14.0 Å². The third kappa shape index (κ3) is 5.11. The van der Waals surface area contributed by atoms with Crippen LogP contribution >= 0.6 is 11.3 Å². The Morgan fingerprint density at radius 1 is 1.21 bits per heavy atom. The van der Waals surface area contributed by atoms with Crippen LogP contribution in [0.3, 0.4) is 0 Å². The fourth-order valence-corrected chi connectivity index (χ4v) is 4.88. The molecule has 0 N–H and O–H groups in total. The van der Waals surface area contributed by atoms with E-state index in [1.54, 1.807) is 40.5 Å². The molecule has 0 radical (unpaired) electrons. The smallest absolute Gasteiger partial charge is 0.290 e. The number of furan rings is 1. The second kappa shape index (κ2) is 9.39. The summed E-state index contributed by atoms with van der Waals surface area (Å²) in [5.74, 6) is -0.0776. The van der Waals surface area contributed by atoms with E-state index in [-0.39, 0.29) is 42.6 Å². The van der Waals surface area contributed by atoms with Crippen LogP contribution in [0.5, 0.6) is 5.75 Å². The van der Waals surface area contributed by atoms with Crippen LogP contribution in [-0.2, 0) is 11.2 Å². The first-order valence-electron chi connectivity index (χ1n) is 10.8. The van der Waals surface area contributed by atoms with Crippen molar-refractivity contribution in [2.75, 3.05) is 19.7 Å². The van der Waals surface area contributed by atoms with Crippen LogP contribution in [-0.4, -0.2) is 46.8 Å². The quantitative estimate of drug-likeness (QED) is 0.513. The Morgan fingerprint density at radius 3 is 2.64 bits per heavy atom. The van der Waals surface area contributed by atoms with Gasteiger partial charge in [0.15, 0.2) is 5.76 Å². The molecule has 2 amide bonds. The Bertz CT molecular complexity index is 1100. The summed E-state index contributed by atoms with van der Waals surface area (Å²) in [5.41, 5.74) is 0.476. The number of rotatable bonds is 6. The van der Waals surface area contributed by atoms with E-state index < -0.39 is 5.54 Å². The molecule has 1 atom stereocenters. The van der Waals surface area contributed by atoms with Crippen molar-refractivity contribution in [1.82, 2.24) is 9.80 Å². The number of hydrogen-bond donors (Lipinski definition) is 0. The molecular formula is C25H27FN2O4S. The Hall–Kier alpha value is -3.13. The Balaban J connectivity index is 1.54. The summed E-state index contributed by atoms with van der Waals surface area (Å²) in [4.78, 5) is 31.1. The lowest BCUT2D eigenvalue weighted by Crippen LogP contribution is -2.53. The van der Waals surface area contributed by atoms with Crippen molar-refractivity contribution in [3.05, 3.63) is 76.1 Å². The van der Waals surface area contributed by atoms with Gasteiger partial charge in [-0.3, -0.25) is 9.59 Å². The maximum Gasteiger partial charge on any atom is 0.290 e. The van der Waals surface area contributed by atoms with Gasteiger partial charge in [-0.1, -0.05) is 0 Å². The van der Waals surface area contributed by atoms with Gasteiger partial charge in [-0.15, -0.1) is 11.3 Å². The highest BCUT2D eigenvalue weighted by molar-refractivity contribution is 7.10. The van der Waals surface area contributed by atoms with Gasteiger partial charge in [0, 0.05) is 17.0 Å². The number of thiophene rings is 1. The number of halogens is 1. The van der Waals surface area contributed by atoms with E-state index in [0.717, 1.165) is 12.0 Å². The molecule has 0 saturated heterocycles. The predicted molar refractivity (Wildman–Crippen MR) is 124 cm³/mol. The van der Waals surface area contributed by atoms with Crippen LogP contribution in [0.15, 0.2) is 58.5 Å². The lowest BCUT2D eigenvalue weighted by Gasteiger charge is -2.40. The zero-order valence-corrected chi connectivity index (χ0v) is 19.7. The highest BCUT2D eigenvalue weighted by Gasteiger charge is 2.36. The maximum atomic E-state index is 13.5. The van der Waals surface area contributed by atoms with E-state index >= 15 is 0 Å². The molecule has 4 rings (SSSR count). The second-order valence-corrected chi connectivity index (χ2v) is 9.96. The van der Waals surface area contributed by atoms with Gasteiger partial charge in [-0.2, -0.15) is 0 Å². The Morgan fingerprint density at radius 2 is 1.97 bits per heavy atom. The molecule has 0 fully saturated rings. The standard InChI is InChI=1S/C25H27FN2O4S/c1-25(2,3)28(24(30)21-5-4-13-31-21)15-23(29)27-12-10-22-19(11-14-33-22)20(27)16-32-18-8-6-17(26)7-9-18/h4-9,11,13-14,20H,10,12,15-16H2,1-3H3. The first-order chi connectivity index (χ1) is 15.7. The molecule has 1 aliphatic heterocycles. The summed E-state index contributed by atoms with van der Waals surface area (Å²) in [6.07, 6.45) is 2.20. The Labute approximate surface area is 196 Å².